The van der Waals surface area contributed by atoms with Gasteiger partial charge in [0, 0.05) is 10.9 Å². The molecule has 0 radical (unpaired) electrons. The van der Waals surface area contributed by atoms with Gasteiger partial charge in [-0.25, -0.2) is 4.98 Å². The predicted octanol–water partition coefficient (Wildman–Crippen LogP) is 3.18. The quantitative estimate of drug-likeness (QED) is 0.852. The Morgan fingerprint density at radius 1 is 1.25 bits per heavy atom. The summed E-state index contributed by atoms with van der Waals surface area (Å²) in [5.74, 6) is 1.26. The van der Waals surface area contributed by atoms with Crippen molar-refractivity contribution in [1.82, 2.24) is 4.98 Å². The number of aliphatic hydroxyl groups excluding tert-OH is 1. The zero-order valence-electron chi connectivity index (χ0n) is 11.8. The van der Waals surface area contributed by atoms with Gasteiger partial charge < -0.3 is 14.6 Å². The molecule has 0 spiro atoms. The first-order valence-corrected chi connectivity index (χ1v) is 7.58. The maximum atomic E-state index is 9.40. The van der Waals surface area contributed by atoms with Crippen molar-refractivity contribution in [2.24, 2.45) is 0 Å². The minimum Gasteiger partial charge on any atom is -0.490 e. The van der Waals surface area contributed by atoms with E-state index >= 15 is 0 Å². The summed E-state index contributed by atoms with van der Waals surface area (Å²) in [7, 11) is 0. The van der Waals surface area contributed by atoms with Gasteiger partial charge in [-0.1, -0.05) is 19.1 Å². The van der Waals surface area contributed by atoms with Crippen LogP contribution >= 0.6 is 11.3 Å². The molecule has 4 nitrogen and oxygen atoms in total. The van der Waals surface area contributed by atoms with Crippen LogP contribution in [0.4, 0.5) is 0 Å². The van der Waals surface area contributed by atoms with Crippen LogP contribution in [0.5, 0.6) is 11.5 Å². The van der Waals surface area contributed by atoms with E-state index in [9.17, 15) is 5.11 Å². The summed E-state index contributed by atoms with van der Waals surface area (Å²) in [6, 6.07) is 5.52. The van der Waals surface area contributed by atoms with Gasteiger partial charge in [0.2, 0.25) is 0 Å². The van der Waals surface area contributed by atoms with Crippen LogP contribution < -0.4 is 9.47 Å². The molecule has 0 fully saturated rings. The van der Waals surface area contributed by atoms with Crippen LogP contribution in [0.15, 0.2) is 23.6 Å². The molecule has 0 aliphatic heterocycles. The number of ether oxygens (including phenoxy) is 2. The highest BCUT2D eigenvalue weighted by molar-refractivity contribution is 7.09. The Labute approximate surface area is 123 Å². The zero-order valence-corrected chi connectivity index (χ0v) is 12.6. The predicted molar refractivity (Wildman–Crippen MR) is 79.4 cm³/mol. The lowest BCUT2D eigenvalue weighted by molar-refractivity contribution is 0.242. The van der Waals surface area contributed by atoms with E-state index in [0.29, 0.717) is 24.7 Å². The number of thiazole rings is 1. The normalized spacial score (nSPS) is 10.6. The molecule has 1 N–H and O–H groups in total. The van der Waals surface area contributed by atoms with Crippen molar-refractivity contribution < 1.29 is 14.6 Å². The lowest BCUT2D eigenvalue weighted by Gasteiger charge is -2.14. The third kappa shape index (κ3) is 3.49. The maximum absolute atomic E-state index is 9.40. The smallest absolute Gasteiger partial charge is 0.167 e. The van der Waals surface area contributed by atoms with Gasteiger partial charge in [0.05, 0.1) is 23.9 Å². The van der Waals surface area contributed by atoms with Crippen LogP contribution in [0.2, 0.25) is 0 Å². The van der Waals surface area contributed by atoms with E-state index in [1.165, 1.54) is 0 Å². The molecule has 0 saturated heterocycles. The molecule has 0 aliphatic rings. The highest BCUT2D eigenvalue weighted by atomic mass is 32.1. The molecular formula is C15H19NO3S. The van der Waals surface area contributed by atoms with Crippen molar-refractivity contribution in [1.29, 1.82) is 0 Å². The summed E-state index contributed by atoms with van der Waals surface area (Å²) >= 11 is 1.64. The van der Waals surface area contributed by atoms with Crippen molar-refractivity contribution >= 4 is 11.3 Å². The zero-order chi connectivity index (χ0) is 14.4. The molecule has 0 saturated carbocycles. The van der Waals surface area contributed by atoms with Crippen molar-refractivity contribution in [2.75, 3.05) is 6.61 Å². The van der Waals surface area contributed by atoms with E-state index in [1.54, 1.807) is 11.3 Å². The molecule has 1 aromatic heterocycles. The number of benzene rings is 1. The number of rotatable bonds is 7. The SMILES string of the molecule is CCOc1cccc(CO)c1OCc1csc(CC)n1. The van der Waals surface area contributed by atoms with Crippen LogP contribution in [-0.4, -0.2) is 16.7 Å². The average Bonchev–Trinajstić information content (AvgIpc) is 2.94. The van der Waals surface area contributed by atoms with Gasteiger partial charge in [0.15, 0.2) is 11.5 Å². The van der Waals surface area contributed by atoms with Gasteiger partial charge in [0.25, 0.3) is 0 Å². The monoisotopic (exact) mass is 293 g/mol. The second-order valence-electron chi connectivity index (χ2n) is 4.21. The number of hydrogen-bond acceptors (Lipinski definition) is 5. The summed E-state index contributed by atoms with van der Waals surface area (Å²) < 4.78 is 11.4. The van der Waals surface area contributed by atoms with E-state index in [0.717, 1.165) is 22.7 Å². The van der Waals surface area contributed by atoms with Gasteiger partial charge in [-0.3, -0.25) is 0 Å². The standard InChI is InChI=1S/C15H19NO3S/c1-3-14-16-12(10-20-14)9-19-15-11(8-17)6-5-7-13(15)18-4-2/h5-7,10,17H,3-4,8-9H2,1-2H3. The van der Waals surface area contributed by atoms with E-state index in [2.05, 4.69) is 11.9 Å². The lowest BCUT2D eigenvalue weighted by atomic mass is 10.2. The minimum atomic E-state index is -0.0759. The molecule has 5 heteroatoms. The van der Waals surface area contributed by atoms with E-state index in [1.807, 2.05) is 30.5 Å². The van der Waals surface area contributed by atoms with Crippen LogP contribution in [0.3, 0.4) is 0 Å². The Hall–Kier alpha value is -1.59. The summed E-state index contributed by atoms with van der Waals surface area (Å²) in [6.45, 7) is 4.87. The fraction of sp³-hybridized carbons (Fsp3) is 0.400. The third-order valence-electron chi connectivity index (χ3n) is 2.80. The Morgan fingerprint density at radius 2 is 2.10 bits per heavy atom. The Bertz CT molecular complexity index is 554. The molecule has 108 valence electrons. The average molecular weight is 293 g/mol. The molecule has 0 bridgehead atoms. The molecule has 0 atom stereocenters. The number of aromatic nitrogens is 1. The third-order valence-corrected chi connectivity index (χ3v) is 3.84. The first-order valence-electron chi connectivity index (χ1n) is 6.70. The highest BCUT2D eigenvalue weighted by Crippen LogP contribution is 2.32. The summed E-state index contributed by atoms with van der Waals surface area (Å²) in [6.07, 6.45) is 0.933. The summed E-state index contributed by atoms with van der Waals surface area (Å²) in [5.41, 5.74) is 1.63. The molecule has 0 amide bonds. The lowest BCUT2D eigenvalue weighted by Crippen LogP contribution is -2.03. The fourth-order valence-electron chi connectivity index (χ4n) is 1.84. The number of para-hydroxylation sites is 1. The topological polar surface area (TPSA) is 51.6 Å². The first-order chi connectivity index (χ1) is 9.78. The van der Waals surface area contributed by atoms with E-state index < -0.39 is 0 Å². The van der Waals surface area contributed by atoms with Crippen molar-refractivity contribution in [3.8, 4) is 11.5 Å². The molecule has 20 heavy (non-hydrogen) atoms. The molecule has 2 rings (SSSR count). The largest absolute Gasteiger partial charge is 0.490 e. The molecule has 2 aromatic rings. The van der Waals surface area contributed by atoms with Crippen LogP contribution in [-0.2, 0) is 19.6 Å². The molecule has 1 heterocycles. The number of nitrogens with zero attached hydrogens (tertiary/aromatic N) is 1. The molecule has 0 aliphatic carbocycles. The van der Waals surface area contributed by atoms with Gasteiger partial charge in [-0.2, -0.15) is 0 Å². The van der Waals surface area contributed by atoms with Gasteiger partial charge >= 0.3 is 0 Å². The van der Waals surface area contributed by atoms with Crippen LogP contribution in [0, 0.1) is 0 Å². The number of hydrogen-bond donors (Lipinski definition) is 1. The number of aliphatic hydroxyl groups is 1. The van der Waals surface area contributed by atoms with E-state index in [-0.39, 0.29) is 6.61 Å². The Morgan fingerprint density at radius 3 is 2.75 bits per heavy atom. The molecule has 0 unspecified atom stereocenters. The maximum Gasteiger partial charge on any atom is 0.167 e. The first kappa shape index (κ1) is 14.8. The summed E-state index contributed by atoms with van der Waals surface area (Å²) in [5, 5.41) is 12.5. The fourth-order valence-corrected chi connectivity index (χ4v) is 2.57. The van der Waals surface area contributed by atoms with Crippen LogP contribution in [0.1, 0.15) is 30.1 Å². The second-order valence-corrected chi connectivity index (χ2v) is 5.15. The molecule has 1 aromatic carbocycles. The van der Waals surface area contributed by atoms with Crippen molar-refractivity contribution in [3.05, 3.63) is 39.8 Å². The van der Waals surface area contributed by atoms with Gasteiger partial charge in [0.1, 0.15) is 6.61 Å². The second kappa shape index (κ2) is 7.26. The molecular weight excluding hydrogens is 274 g/mol. The Balaban J connectivity index is 2.14. The van der Waals surface area contributed by atoms with Crippen molar-refractivity contribution in [2.45, 2.75) is 33.5 Å². The minimum absolute atomic E-state index is 0.0759. The highest BCUT2D eigenvalue weighted by Gasteiger charge is 2.11. The van der Waals surface area contributed by atoms with Crippen LogP contribution in [0.25, 0.3) is 0 Å². The summed E-state index contributed by atoms with van der Waals surface area (Å²) in [4.78, 5) is 4.47. The number of aryl methyl sites for hydroxylation is 1. The van der Waals surface area contributed by atoms with Gasteiger partial charge in [-0.05, 0) is 19.4 Å². The van der Waals surface area contributed by atoms with Crippen molar-refractivity contribution in [3.63, 3.8) is 0 Å². The van der Waals surface area contributed by atoms with Gasteiger partial charge in [-0.15, -0.1) is 11.3 Å². The van der Waals surface area contributed by atoms with E-state index in [4.69, 9.17) is 9.47 Å². The Kier molecular flexibility index (Phi) is 5.38.